The van der Waals surface area contributed by atoms with E-state index in [2.05, 4.69) is 38.2 Å². The van der Waals surface area contributed by atoms with Gasteiger partial charge in [-0.05, 0) is 70.6 Å². The maximum absolute atomic E-state index is 12.5. The van der Waals surface area contributed by atoms with E-state index in [1.807, 2.05) is 0 Å². The van der Waals surface area contributed by atoms with Crippen LogP contribution in [0.5, 0.6) is 0 Å². The van der Waals surface area contributed by atoms with Gasteiger partial charge in [0.15, 0.2) is 0 Å². The molecular formula is C37H68O4. The predicted molar refractivity (Wildman–Crippen MR) is 176 cm³/mol. The van der Waals surface area contributed by atoms with Gasteiger partial charge in [0.25, 0.3) is 0 Å². The Kier molecular flexibility index (Phi) is 31.7. The highest BCUT2D eigenvalue weighted by Crippen LogP contribution is 2.18. The van der Waals surface area contributed by atoms with Crippen molar-refractivity contribution < 1.29 is 19.4 Å². The Morgan fingerprint density at radius 1 is 0.537 bits per heavy atom. The molecule has 0 saturated heterocycles. The lowest BCUT2D eigenvalue weighted by atomic mass is 10.0. The number of aliphatic carboxylic acids is 1. The molecule has 0 bridgehead atoms. The summed E-state index contributed by atoms with van der Waals surface area (Å²) in [7, 11) is 0. The van der Waals surface area contributed by atoms with Crippen molar-refractivity contribution in [2.45, 2.75) is 200 Å². The number of esters is 1. The third-order valence-corrected chi connectivity index (χ3v) is 7.93. The lowest BCUT2D eigenvalue weighted by molar-refractivity contribution is -0.150. The van der Waals surface area contributed by atoms with Crippen molar-refractivity contribution in [3.05, 3.63) is 24.3 Å². The third-order valence-electron chi connectivity index (χ3n) is 7.93. The molecule has 0 aliphatic rings. The molecule has 0 aromatic carbocycles. The Hall–Kier alpha value is -1.58. The van der Waals surface area contributed by atoms with Crippen molar-refractivity contribution >= 4 is 11.9 Å². The summed E-state index contributed by atoms with van der Waals surface area (Å²) < 4.78 is 5.94. The summed E-state index contributed by atoms with van der Waals surface area (Å²) in [5.74, 6) is -0.683. The number of hydrogen-bond donors (Lipinski definition) is 1. The molecule has 0 amide bonds. The molecule has 0 fully saturated rings. The van der Waals surface area contributed by atoms with Gasteiger partial charge >= 0.3 is 11.9 Å². The molecule has 240 valence electrons. The second-order valence-corrected chi connectivity index (χ2v) is 12.1. The first kappa shape index (κ1) is 39.4. The molecule has 4 heteroatoms. The maximum Gasteiger partial charge on any atom is 0.306 e. The monoisotopic (exact) mass is 577 g/mol. The van der Waals surface area contributed by atoms with Crippen molar-refractivity contribution in [1.82, 2.24) is 0 Å². The number of hydrogen-bond acceptors (Lipinski definition) is 3. The number of carboxylic acids is 1. The number of carboxylic acid groups (broad SMARTS) is 1. The van der Waals surface area contributed by atoms with E-state index >= 15 is 0 Å². The second kappa shape index (κ2) is 32.9. The highest BCUT2D eigenvalue weighted by atomic mass is 16.5. The lowest BCUT2D eigenvalue weighted by Crippen LogP contribution is -2.18. The van der Waals surface area contributed by atoms with Gasteiger partial charge in [-0.15, -0.1) is 0 Å². The molecular weight excluding hydrogens is 508 g/mol. The van der Waals surface area contributed by atoms with Gasteiger partial charge in [-0.3, -0.25) is 9.59 Å². The first-order chi connectivity index (χ1) is 20.1. The van der Waals surface area contributed by atoms with Crippen LogP contribution < -0.4 is 0 Å². The molecule has 4 nitrogen and oxygen atoms in total. The van der Waals surface area contributed by atoms with Gasteiger partial charge in [0.2, 0.25) is 0 Å². The fourth-order valence-electron chi connectivity index (χ4n) is 5.27. The molecule has 0 aromatic rings. The number of carbonyl (C=O) groups is 2. The standard InChI is InChI=1S/C37H68O4/c1-3-5-7-9-10-11-12-13-14-15-16-17-18-19-23-26-30-34-37(40)41-35(31-27-8-6-4-2)32-28-24-21-20-22-25-29-33-36(38)39/h10-11,13-14,35H,3-9,12,15-34H2,1-2H3,(H,38,39)/b11-10-,14-13-. The average molecular weight is 577 g/mol. The van der Waals surface area contributed by atoms with Crippen LogP contribution in [0.1, 0.15) is 194 Å². The first-order valence-corrected chi connectivity index (χ1v) is 17.8. The van der Waals surface area contributed by atoms with Crippen LogP contribution in [-0.4, -0.2) is 23.1 Å². The van der Waals surface area contributed by atoms with Gasteiger partial charge in [-0.1, -0.05) is 134 Å². The van der Waals surface area contributed by atoms with Gasteiger partial charge in [0, 0.05) is 12.8 Å². The van der Waals surface area contributed by atoms with Crippen molar-refractivity contribution in [3.63, 3.8) is 0 Å². The fraction of sp³-hybridized carbons (Fsp3) is 0.838. The number of rotatable bonds is 32. The van der Waals surface area contributed by atoms with Crippen LogP contribution in [0.2, 0.25) is 0 Å². The predicted octanol–water partition coefficient (Wildman–Crippen LogP) is 12.1. The van der Waals surface area contributed by atoms with Gasteiger partial charge < -0.3 is 9.84 Å². The minimum absolute atomic E-state index is 0.00603. The highest BCUT2D eigenvalue weighted by Gasteiger charge is 2.14. The van der Waals surface area contributed by atoms with Crippen molar-refractivity contribution in [3.8, 4) is 0 Å². The van der Waals surface area contributed by atoms with Crippen LogP contribution in [0.25, 0.3) is 0 Å². The minimum Gasteiger partial charge on any atom is -0.481 e. The van der Waals surface area contributed by atoms with Crippen LogP contribution in [0, 0.1) is 0 Å². The van der Waals surface area contributed by atoms with E-state index in [4.69, 9.17) is 9.84 Å². The molecule has 0 aliphatic heterocycles. The van der Waals surface area contributed by atoms with Crippen LogP contribution in [0.15, 0.2) is 24.3 Å². The van der Waals surface area contributed by atoms with Gasteiger partial charge in [-0.25, -0.2) is 0 Å². The number of unbranched alkanes of at least 4 members (excludes halogenated alkanes) is 19. The normalized spacial score (nSPS) is 12.4. The molecule has 0 heterocycles. The molecule has 1 unspecified atom stereocenters. The summed E-state index contributed by atoms with van der Waals surface area (Å²) in [6.45, 7) is 4.48. The summed E-state index contributed by atoms with van der Waals surface area (Å²) in [6, 6.07) is 0. The smallest absolute Gasteiger partial charge is 0.306 e. The third kappa shape index (κ3) is 32.8. The van der Waals surface area contributed by atoms with Gasteiger partial charge in [-0.2, -0.15) is 0 Å². The Morgan fingerprint density at radius 3 is 1.49 bits per heavy atom. The summed E-state index contributed by atoms with van der Waals surface area (Å²) in [4.78, 5) is 23.1. The van der Waals surface area contributed by atoms with Crippen LogP contribution >= 0.6 is 0 Å². The molecule has 1 N–H and O–H groups in total. The zero-order valence-corrected chi connectivity index (χ0v) is 27.4. The van der Waals surface area contributed by atoms with Crippen molar-refractivity contribution in [2.24, 2.45) is 0 Å². The summed E-state index contributed by atoms with van der Waals surface area (Å²) >= 11 is 0. The summed E-state index contributed by atoms with van der Waals surface area (Å²) in [5.41, 5.74) is 0. The molecule has 41 heavy (non-hydrogen) atoms. The fourth-order valence-corrected chi connectivity index (χ4v) is 5.27. The number of carbonyl (C=O) groups excluding carboxylic acids is 1. The Morgan fingerprint density at radius 2 is 0.951 bits per heavy atom. The van der Waals surface area contributed by atoms with Crippen molar-refractivity contribution in [1.29, 1.82) is 0 Å². The van der Waals surface area contributed by atoms with E-state index in [0.717, 1.165) is 64.2 Å². The van der Waals surface area contributed by atoms with E-state index in [9.17, 15) is 9.59 Å². The first-order valence-electron chi connectivity index (χ1n) is 17.8. The van der Waals surface area contributed by atoms with Gasteiger partial charge in [0.1, 0.15) is 6.10 Å². The zero-order chi connectivity index (χ0) is 30.1. The Balaban J connectivity index is 3.81. The lowest BCUT2D eigenvalue weighted by Gasteiger charge is -2.18. The van der Waals surface area contributed by atoms with E-state index < -0.39 is 5.97 Å². The summed E-state index contributed by atoms with van der Waals surface area (Å²) in [5, 5.41) is 8.71. The van der Waals surface area contributed by atoms with E-state index in [1.54, 1.807) is 0 Å². The average Bonchev–Trinajstić information content (AvgIpc) is 2.95. The molecule has 0 radical (unpaired) electrons. The second-order valence-electron chi connectivity index (χ2n) is 12.1. The topological polar surface area (TPSA) is 63.6 Å². The molecule has 1 atom stereocenters. The molecule has 0 rings (SSSR count). The van der Waals surface area contributed by atoms with Gasteiger partial charge in [0.05, 0.1) is 0 Å². The minimum atomic E-state index is -0.689. The maximum atomic E-state index is 12.5. The van der Waals surface area contributed by atoms with Crippen molar-refractivity contribution in [2.75, 3.05) is 0 Å². The molecule has 0 saturated carbocycles. The SMILES string of the molecule is CCCCC/C=C\C/C=C\CCCCCCCCCC(=O)OC(CCCCCC)CCCCCCCCCC(=O)O. The Bertz CT molecular complexity index is 624. The van der Waals surface area contributed by atoms with E-state index in [1.165, 1.54) is 103 Å². The Labute approximate surface area is 255 Å². The van der Waals surface area contributed by atoms with Crippen LogP contribution in [-0.2, 0) is 14.3 Å². The molecule has 0 aromatic heterocycles. The van der Waals surface area contributed by atoms with E-state index in [-0.39, 0.29) is 12.1 Å². The van der Waals surface area contributed by atoms with E-state index in [0.29, 0.717) is 12.8 Å². The van der Waals surface area contributed by atoms with Crippen LogP contribution in [0.4, 0.5) is 0 Å². The highest BCUT2D eigenvalue weighted by molar-refractivity contribution is 5.69. The molecule has 0 aliphatic carbocycles. The quantitative estimate of drug-likeness (QED) is 0.0491. The molecule has 0 spiro atoms. The largest absolute Gasteiger partial charge is 0.481 e. The zero-order valence-electron chi connectivity index (χ0n) is 27.4. The number of allylic oxidation sites excluding steroid dienone is 4. The van der Waals surface area contributed by atoms with Crippen LogP contribution in [0.3, 0.4) is 0 Å². The summed E-state index contributed by atoms with van der Waals surface area (Å²) in [6.07, 6.45) is 40.6. The number of ether oxygens (including phenoxy) is 1.